The second-order valence-electron chi connectivity index (χ2n) is 13.3. The minimum Gasteiger partial charge on any atom is -0.394 e. The average molecular weight is 1190 g/mol. The molecule has 0 radical (unpaired) electrons. The van der Waals surface area contributed by atoms with Gasteiger partial charge in [0.05, 0.1) is 6.61 Å². The van der Waals surface area contributed by atoms with Crippen molar-refractivity contribution in [3.63, 3.8) is 0 Å². The van der Waals surface area contributed by atoms with E-state index >= 15 is 61.5 Å². The van der Waals surface area contributed by atoms with Gasteiger partial charge in [-0.1, -0.05) is 0 Å². The summed E-state index contributed by atoms with van der Waals surface area (Å²) in [5.74, 6) is -113. The van der Waals surface area contributed by atoms with Crippen molar-refractivity contribution >= 4 is 0 Å². The number of hydrogen-bond acceptors (Lipinski definition) is 6. The van der Waals surface area contributed by atoms with Gasteiger partial charge in [0.25, 0.3) is 5.60 Å². The third-order valence-electron chi connectivity index (χ3n) is 8.82. The van der Waals surface area contributed by atoms with Crippen LogP contribution in [0.5, 0.6) is 0 Å². The molecule has 0 amide bonds. The first-order valence-electron chi connectivity index (χ1n) is 15.3. The highest BCUT2D eigenvalue weighted by molar-refractivity contribution is 5.39. The largest absolute Gasteiger partial charge is 0.462 e. The van der Waals surface area contributed by atoms with Gasteiger partial charge in [-0.25, -0.2) is 0 Å². The molecule has 0 aromatic heterocycles. The molecule has 0 saturated heterocycles. The van der Waals surface area contributed by atoms with Crippen LogP contribution in [-0.2, 0) is 9.47 Å². The number of aliphatic hydroxyl groups excluding tert-OH is 3. The fourth-order valence-corrected chi connectivity index (χ4v) is 5.23. The van der Waals surface area contributed by atoms with E-state index < -0.39 is 144 Å². The van der Waals surface area contributed by atoms with Gasteiger partial charge in [-0.15, -0.1) is 0 Å². The smallest absolute Gasteiger partial charge is 0.394 e. The Morgan fingerprint density at radius 1 is 0.264 bits per heavy atom. The molecule has 6 nitrogen and oxygen atoms in total. The van der Waals surface area contributed by atoms with E-state index in [1.54, 1.807) is 0 Å². The van der Waals surface area contributed by atoms with Crippen molar-refractivity contribution in [2.75, 3.05) is 6.61 Å². The SMILES string of the molecule is OCC(O)C(O)C(O)(C(F)(F)C(F)(F)C(F)(F)F)C(OC(F)(F)C(F)(F)C(F)(F)F)(C(F)(F)C(F)(F)C(F)(F)F)C(OC(F)(F)C(F)(F)C(F)(F)F)(C(F)(F)C(F)(F)C(F)(F)F)C(F)(F)C(F)(F)C(F)(F)F. The van der Waals surface area contributed by atoms with Crippen LogP contribution in [0.1, 0.15) is 0 Å². The maximum atomic E-state index is 16.5. The number of alkyl halides is 42. The van der Waals surface area contributed by atoms with Crippen LogP contribution in [0.25, 0.3) is 0 Å². The second-order valence-corrected chi connectivity index (χ2v) is 13.3. The molecule has 0 spiro atoms. The predicted octanol–water partition coefficient (Wildman–Crippen LogP) is 10.9. The first-order valence-corrected chi connectivity index (χ1v) is 15.3. The maximum absolute atomic E-state index is 16.5. The van der Waals surface area contributed by atoms with Crippen molar-refractivity contribution in [2.45, 2.75) is 138 Å². The van der Waals surface area contributed by atoms with Crippen molar-refractivity contribution in [3.05, 3.63) is 0 Å². The quantitative estimate of drug-likeness (QED) is 0.0962. The van der Waals surface area contributed by atoms with Crippen LogP contribution >= 0.6 is 0 Å². The van der Waals surface area contributed by atoms with E-state index in [1.807, 2.05) is 0 Å². The van der Waals surface area contributed by atoms with Crippen LogP contribution in [0.2, 0.25) is 0 Å². The minimum atomic E-state index is -13.2. The van der Waals surface area contributed by atoms with Gasteiger partial charge in [0.1, 0.15) is 12.2 Å². The zero-order valence-corrected chi connectivity index (χ0v) is 30.8. The van der Waals surface area contributed by atoms with Gasteiger partial charge in [0.15, 0.2) is 0 Å². The molecule has 0 aromatic rings. The van der Waals surface area contributed by atoms with Crippen LogP contribution in [0.3, 0.4) is 0 Å². The highest BCUT2D eigenvalue weighted by Gasteiger charge is 3.09. The van der Waals surface area contributed by atoms with Gasteiger partial charge in [-0.3, -0.25) is 9.47 Å². The standard InChI is InChI=1S/C24H8F42O6/c25-7(26,11(33,34)17(45,46)47)4(70,3(69)2(68)1-67)5(8(27,28)12(35,36)18(48,49)50,71-23(63,64)15(41,42)21(57,58)59)6(9(29,30)13(37,38)19(51,52)53,10(31,32)14(39,40)20(54,55)56)72-24(65,66)16(43,44)22(60,61)62/h2-3,67-70H,1H2. The lowest BCUT2D eigenvalue weighted by Gasteiger charge is -2.65. The summed E-state index contributed by atoms with van der Waals surface area (Å²) in [5, 5.41) is 38.3. The summed E-state index contributed by atoms with van der Waals surface area (Å²) in [7, 11) is 0. The molecule has 0 fully saturated rings. The normalized spacial score (nSPS) is 19.2. The summed E-state index contributed by atoms with van der Waals surface area (Å²) >= 11 is 0. The van der Waals surface area contributed by atoms with E-state index in [0.29, 0.717) is 0 Å². The van der Waals surface area contributed by atoms with Crippen LogP contribution in [0.15, 0.2) is 0 Å². The zero-order valence-electron chi connectivity index (χ0n) is 30.8. The Hall–Kier alpha value is -3.18. The Kier molecular flexibility index (Phi) is 16.7. The molecule has 0 bridgehead atoms. The molecule has 4 atom stereocenters. The van der Waals surface area contributed by atoms with E-state index in [0.717, 1.165) is 0 Å². The third-order valence-corrected chi connectivity index (χ3v) is 8.82. The van der Waals surface area contributed by atoms with E-state index in [2.05, 4.69) is 0 Å². The molecule has 0 aliphatic carbocycles. The molecule has 0 aliphatic heterocycles. The Morgan fingerprint density at radius 3 is 0.639 bits per heavy atom. The van der Waals surface area contributed by atoms with Gasteiger partial charge in [-0.05, 0) is 0 Å². The molecule has 0 rings (SSSR count). The first-order chi connectivity index (χ1) is 30.3. The number of rotatable bonds is 19. The Balaban J connectivity index is 12.8. The lowest BCUT2D eigenvalue weighted by Crippen LogP contribution is -2.98. The van der Waals surface area contributed by atoms with Gasteiger partial charge in [0, 0.05) is 0 Å². The monoisotopic (exact) mass is 1190 g/mol. The van der Waals surface area contributed by atoms with Gasteiger partial charge < -0.3 is 20.4 Å². The summed E-state index contributed by atoms with van der Waals surface area (Å²) in [4.78, 5) is 0. The molecule has 0 aromatic carbocycles. The molecule has 4 N–H and O–H groups in total. The Morgan fingerprint density at radius 2 is 0.444 bits per heavy atom. The van der Waals surface area contributed by atoms with Crippen LogP contribution in [0, 0.1) is 0 Å². The molecule has 4 unspecified atom stereocenters. The second kappa shape index (κ2) is 17.4. The van der Waals surface area contributed by atoms with E-state index in [1.165, 1.54) is 0 Å². The number of hydrogen-bond donors (Lipinski definition) is 4. The van der Waals surface area contributed by atoms with Crippen LogP contribution in [0.4, 0.5) is 184 Å². The molecule has 0 saturated carbocycles. The zero-order chi connectivity index (χ0) is 59.8. The number of aliphatic hydroxyl groups is 4. The van der Waals surface area contributed by atoms with Gasteiger partial charge >= 0.3 is 109 Å². The third kappa shape index (κ3) is 8.66. The molecule has 0 heterocycles. The van der Waals surface area contributed by atoms with E-state index in [-0.39, 0.29) is 9.47 Å². The summed E-state index contributed by atoms with van der Waals surface area (Å²) in [6.07, 6.45) is -95.9. The summed E-state index contributed by atoms with van der Waals surface area (Å²) < 4.78 is 610. The van der Waals surface area contributed by atoms with E-state index in [9.17, 15) is 138 Å². The minimum absolute atomic E-state index is 0.113. The summed E-state index contributed by atoms with van der Waals surface area (Å²) in [5.41, 5.74) is -37.6. The average Bonchev–Trinajstić information content (AvgIpc) is 3.11. The lowest BCUT2D eigenvalue weighted by atomic mass is 9.53. The molecule has 0 aliphatic rings. The fraction of sp³-hybridized carbons (Fsp3) is 1.00. The van der Waals surface area contributed by atoms with Crippen LogP contribution in [-0.4, -0.2) is 165 Å². The highest BCUT2D eigenvalue weighted by atomic mass is 19.5. The molecule has 434 valence electrons. The predicted molar refractivity (Wildman–Crippen MR) is 127 cm³/mol. The number of halogens is 42. The Labute approximate surface area is 359 Å². The highest BCUT2D eigenvalue weighted by Crippen LogP contribution is 2.77. The molecular weight excluding hydrogens is 1180 g/mol. The maximum Gasteiger partial charge on any atom is 0.462 e. The van der Waals surface area contributed by atoms with Crippen LogP contribution < -0.4 is 0 Å². The topological polar surface area (TPSA) is 99.4 Å². The van der Waals surface area contributed by atoms with Crippen molar-refractivity contribution in [1.82, 2.24) is 0 Å². The lowest BCUT2D eigenvalue weighted by molar-refractivity contribution is -0.595. The van der Waals surface area contributed by atoms with Crippen molar-refractivity contribution in [2.24, 2.45) is 0 Å². The molecule has 72 heavy (non-hydrogen) atoms. The fourth-order valence-electron chi connectivity index (χ4n) is 5.23. The van der Waals surface area contributed by atoms with Crippen molar-refractivity contribution < 1.29 is 214 Å². The van der Waals surface area contributed by atoms with E-state index in [4.69, 9.17) is 5.11 Å². The van der Waals surface area contributed by atoms with Crippen molar-refractivity contribution in [3.8, 4) is 0 Å². The van der Waals surface area contributed by atoms with Crippen molar-refractivity contribution in [1.29, 1.82) is 0 Å². The Bertz CT molecular complexity index is 1860. The summed E-state index contributed by atoms with van der Waals surface area (Å²) in [6.45, 7) is -4.27. The molecular formula is C24H8F42O6. The van der Waals surface area contributed by atoms with Gasteiger partial charge in [0.2, 0.25) is 11.2 Å². The molecule has 48 heteroatoms. The van der Waals surface area contributed by atoms with Gasteiger partial charge in [-0.2, -0.15) is 184 Å². The summed E-state index contributed by atoms with van der Waals surface area (Å²) in [6, 6.07) is 0. The first kappa shape index (κ1) is 68.8. The number of ether oxygens (including phenoxy) is 2.